The Morgan fingerprint density at radius 2 is 2.44 bits per heavy atom. The van der Waals surface area contributed by atoms with Crippen LogP contribution in [0, 0.1) is 0 Å². The summed E-state index contributed by atoms with van der Waals surface area (Å²) >= 11 is 0. The minimum absolute atomic E-state index is 0.0377. The molecule has 2 heterocycles. The van der Waals surface area contributed by atoms with Crippen molar-refractivity contribution in [2.75, 3.05) is 26.3 Å². The number of ether oxygens (including phenoxy) is 1. The quantitative estimate of drug-likeness (QED) is 0.831. The molecule has 5 nitrogen and oxygen atoms in total. The maximum absolute atomic E-state index is 12.0. The fourth-order valence-corrected chi connectivity index (χ4v) is 2.00. The number of morpholine rings is 1. The summed E-state index contributed by atoms with van der Waals surface area (Å²) in [6.45, 7) is 1.56. The van der Waals surface area contributed by atoms with Crippen LogP contribution in [0.1, 0.15) is 12.1 Å². The number of aromatic nitrogens is 1. The molecular weight excluding hydrogens is 232 g/mol. The molecule has 18 heavy (non-hydrogen) atoms. The van der Waals surface area contributed by atoms with Gasteiger partial charge in [-0.15, -0.1) is 0 Å². The SMILES string of the molecule is O=C(CCc1ccccn1)N1CCOC(CO)C1. The van der Waals surface area contributed by atoms with Crippen LogP contribution >= 0.6 is 0 Å². The number of pyridine rings is 1. The monoisotopic (exact) mass is 250 g/mol. The predicted octanol–water partition coefficient (Wildman–Crippen LogP) is 0.234. The number of hydrogen-bond donors (Lipinski definition) is 1. The molecule has 5 heteroatoms. The second-order valence-corrected chi connectivity index (χ2v) is 4.34. The summed E-state index contributed by atoms with van der Waals surface area (Å²) in [7, 11) is 0. The van der Waals surface area contributed by atoms with Crippen LogP contribution in [0.25, 0.3) is 0 Å². The minimum atomic E-state index is -0.238. The summed E-state index contributed by atoms with van der Waals surface area (Å²) < 4.78 is 5.31. The fourth-order valence-electron chi connectivity index (χ4n) is 2.00. The molecule has 0 saturated carbocycles. The van der Waals surface area contributed by atoms with E-state index in [0.29, 0.717) is 32.5 Å². The average Bonchev–Trinajstić information content (AvgIpc) is 2.46. The Labute approximate surface area is 106 Å². The maximum Gasteiger partial charge on any atom is 0.223 e. The molecule has 0 aliphatic carbocycles. The fraction of sp³-hybridized carbons (Fsp3) is 0.538. The second-order valence-electron chi connectivity index (χ2n) is 4.34. The third kappa shape index (κ3) is 3.51. The maximum atomic E-state index is 12.0. The normalized spacial score (nSPS) is 19.8. The number of hydrogen-bond acceptors (Lipinski definition) is 4. The van der Waals surface area contributed by atoms with Gasteiger partial charge in [-0.05, 0) is 18.6 Å². The second kappa shape index (κ2) is 6.47. The first kappa shape index (κ1) is 13.0. The zero-order valence-electron chi connectivity index (χ0n) is 10.3. The molecule has 1 aromatic rings. The molecule has 1 N–H and O–H groups in total. The van der Waals surface area contributed by atoms with Crippen LogP contribution < -0.4 is 0 Å². The van der Waals surface area contributed by atoms with E-state index in [2.05, 4.69) is 4.98 Å². The molecule has 0 aromatic carbocycles. The number of aryl methyl sites for hydroxylation is 1. The molecule has 98 valence electrons. The summed E-state index contributed by atoms with van der Waals surface area (Å²) in [5.74, 6) is 0.0994. The molecule has 1 atom stereocenters. The summed E-state index contributed by atoms with van der Waals surface area (Å²) in [6, 6.07) is 5.70. The average molecular weight is 250 g/mol. The van der Waals surface area contributed by atoms with Crippen LogP contribution in [-0.2, 0) is 16.0 Å². The smallest absolute Gasteiger partial charge is 0.223 e. The zero-order valence-corrected chi connectivity index (χ0v) is 10.3. The Balaban J connectivity index is 1.81. The first-order chi connectivity index (χ1) is 8.79. The molecule has 1 unspecified atom stereocenters. The van der Waals surface area contributed by atoms with Crippen LogP contribution in [-0.4, -0.2) is 53.3 Å². The standard InChI is InChI=1S/C13H18N2O3/c16-10-12-9-15(7-8-18-12)13(17)5-4-11-3-1-2-6-14-11/h1-3,6,12,16H,4-5,7-10H2. The van der Waals surface area contributed by atoms with Gasteiger partial charge in [-0.25, -0.2) is 0 Å². The van der Waals surface area contributed by atoms with Crippen LogP contribution in [0.5, 0.6) is 0 Å². The lowest BCUT2D eigenvalue weighted by atomic mass is 10.2. The van der Waals surface area contributed by atoms with Gasteiger partial charge in [0, 0.05) is 31.4 Å². The van der Waals surface area contributed by atoms with Crippen molar-refractivity contribution in [3.63, 3.8) is 0 Å². The van der Waals surface area contributed by atoms with Crippen molar-refractivity contribution in [3.8, 4) is 0 Å². The van der Waals surface area contributed by atoms with E-state index >= 15 is 0 Å². The van der Waals surface area contributed by atoms with Gasteiger partial charge < -0.3 is 14.7 Å². The van der Waals surface area contributed by atoms with Crippen LogP contribution in [0.4, 0.5) is 0 Å². The zero-order chi connectivity index (χ0) is 12.8. The molecule has 0 spiro atoms. The van der Waals surface area contributed by atoms with E-state index in [9.17, 15) is 4.79 Å². The minimum Gasteiger partial charge on any atom is -0.394 e. The van der Waals surface area contributed by atoms with Crippen molar-refractivity contribution in [2.24, 2.45) is 0 Å². The number of aliphatic hydroxyl groups is 1. The largest absolute Gasteiger partial charge is 0.394 e. The summed E-state index contributed by atoms with van der Waals surface area (Å²) in [4.78, 5) is 17.9. The highest BCUT2D eigenvalue weighted by molar-refractivity contribution is 5.76. The summed E-state index contributed by atoms with van der Waals surface area (Å²) in [5, 5.41) is 9.03. The summed E-state index contributed by atoms with van der Waals surface area (Å²) in [5.41, 5.74) is 0.929. The lowest BCUT2D eigenvalue weighted by molar-refractivity contribution is -0.140. The van der Waals surface area contributed by atoms with Crippen molar-refractivity contribution < 1.29 is 14.6 Å². The van der Waals surface area contributed by atoms with Crippen molar-refractivity contribution in [2.45, 2.75) is 18.9 Å². The third-order valence-electron chi connectivity index (χ3n) is 3.02. The highest BCUT2D eigenvalue weighted by atomic mass is 16.5. The van der Waals surface area contributed by atoms with Gasteiger partial charge in [-0.1, -0.05) is 6.07 Å². The van der Waals surface area contributed by atoms with Gasteiger partial charge >= 0.3 is 0 Å². The molecule has 1 aromatic heterocycles. The van der Waals surface area contributed by atoms with Crippen molar-refractivity contribution in [1.29, 1.82) is 0 Å². The summed E-state index contributed by atoms with van der Waals surface area (Å²) in [6.07, 6.45) is 2.60. The molecule has 1 aliphatic heterocycles. The number of aliphatic hydroxyl groups excluding tert-OH is 1. The highest BCUT2D eigenvalue weighted by Gasteiger charge is 2.23. The molecule has 1 amide bonds. The Bertz CT molecular complexity index is 383. The third-order valence-corrected chi connectivity index (χ3v) is 3.02. The number of nitrogens with zero attached hydrogens (tertiary/aromatic N) is 2. The molecule has 1 fully saturated rings. The van der Waals surface area contributed by atoms with Gasteiger partial charge in [-0.2, -0.15) is 0 Å². The van der Waals surface area contributed by atoms with Crippen molar-refractivity contribution in [3.05, 3.63) is 30.1 Å². The lowest BCUT2D eigenvalue weighted by Gasteiger charge is -2.32. The molecule has 1 aliphatic rings. The van der Waals surface area contributed by atoms with Gasteiger partial charge in [0.15, 0.2) is 0 Å². The number of rotatable bonds is 4. The van der Waals surface area contributed by atoms with E-state index in [-0.39, 0.29) is 18.6 Å². The Kier molecular flexibility index (Phi) is 4.66. The molecular formula is C13H18N2O3. The van der Waals surface area contributed by atoms with E-state index in [1.807, 2.05) is 18.2 Å². The van der Waals surface area contributed by atoms with Crippen molar-refractivity contribution in [1.82, 2.24) is 9.88 Å². The molecule has 0 radical (unpaired) electrons. The molecule has 2 rings (SSSR count). The lowest BCUT2D eigenvalue weighted by Crippen LogP contribution is -2.46. The van der Waals surface area contributed by atoms with Crippen LogP contribution in [0.2, 0.25) is 0 Å². The van der Waals surface area contributed by atoms with E-state index in [4.69, 9.17) is 9.84 Å². The number of amides is 1. The van der Waals surface area contributed by atoms with Crippen LogP contribution in [0.3, 0.4) is 0 Å². The van der Waals surface area contributed by atoms with E-state index < -0.39 is 0 Å². The first-order valence-corrected chi connectivity index (χ1v) is 6.19. The van der Waals surface area contributed by atoms with E-state index in [1.54, 1.807) is 11.1 Å². The van der Waals surface area contributed by atoms with Gasteiger partial charge in [-0.3, -0.25) is 9.78 Å². The van der Waals surface area contributed by atoms with Crippen LogP contribution in [0.15, 0.2) is 24.4 Å². The first-order valence-electron chi connectivity index (χ1n) is 6.19. The Morgan fingerprint density at radius 3 is 3.17 bits per heavy atom. The predicted molar refractivity (Wildman–Crippen MR) is 66.0 cm³/mol. The topological polar surface area (TPSA) is 62.7 Å². The number of carbonyl (C=O) groups excluding carboxylic acids is 1. The van der Waals surface area contributed by atoms with E-state index in [0.717, 1.165) is 5.69 Å². The molecule has 1 saturated heterocycles. The van der Waals surface area contributed by atoms with Gasteiger partial charge in [0.25, 0.3) is 0 Å². The molecule has 0 bridgehead atoms. The van der Waals surface area contributed by atoms with Gasteiger partial charge in [0.1, 0.15) is 0 Å². The Hall–Kier alpha value is -1.46. The van der Waals surface area contributed by atoms with Gasteiger partial charge in [0.2, 0.25) is 5.91 Å². The van der Waals surface area contributed by atoms with E-state index in [1.165, 1.54) is 0 Å². The van der Waals surface area contributed by atoms with Gasteiger partial charge in [0.05, 0.1) is 19.3 Å². The highest BCUT2D eigenvalue weighted by Crippen LogP contribution is 2.08. The Morgan fingerprint density at radius 1 is 1.56 bits per heavy atom. The number of carbonyl (C=O) groups is 1. The van der Waals surface area contributed by atoms with Crippen molar-refractivity contribution >= 4 is 5.91 Å².